The second-order valence-corrected chi connectivity index (χ2v) is 8.02. The zero-order valence-electron chi connectivity index (χ0n) is 13.8. The predicted molar refractivity (Wildman–Crippen MR) is 99.5 cm³/mol. The number of nitrogens with one attached hydrogen (secondary N) is 2. The average Bonchev–Trinajstić information content (AvgIpc) is 3.24. The Morgan fingerprint density at radius 2 is 2.00 bits per heavy atom. The summed E-state index contributed by atoms with van der Waals surface area (Å²) in [5.74, 6) is 0.566. The van der Waals surface area contributed by atoms with Gasteiger partial charge in [-0.25, -0.2) is 8.42 Å². The third kappa shape index (κ3) is 4.90. The van der Waals surface area contributed by atoms with Crippen molar-refractivity contribution in [2.24, 2.45) is 0 Å². The molecule has 2 heterocycles. The van der Waals surface area contributed by atoms with Gasteiger partial charge in [0, 0.05) is 23.8 Å². The first kappa shape index (κ1) is 18.1. The Labute approximate surface area is 154 Å². The molecule has 0 saturated heterocycles. The molecule has 0 unspecified atom stereocenters. The molecule has 10 heteroatoms. The van der Waals surface area contributed by atoms with Crippen LogP contribution in [0.3, 0.4) is 0 Å². The maximum Gasteiger partial charge on any atom is 0.229 e. The number of thiophene rings is 1. The van der Waals surface area contributed by atoms with Crippen molar-refractivity contribution in [3.8, 4) is 11.4 Å². The fourth-order valence-corrected chi connectivity index (χ4v) is 3.39. The van der Waals surface area contributed by atoms with Crippen LogP contribution < -0.4 is 10.0 Å². The lowest BCUT2D eigenvalue weighted by Crippen LogP contribution is -2.16. The molecule has 0 saturated carbocycles. The fourth-order valence-electron chi connectivity index (χ4n) is 2.18. The van der Waals surface area contributed by atoms with E-state index in [1.165, 1.54) is 11.3 Å². The third-order valence-electron chi connectivity index (χ3n) is 3.31. The predicted octanol–water partition coefficient (Wildman–Crippen LogP) is 2.74. The molecule has 0 aliphatic heterocycles. The number of para-hydroxylation sites is 2. The van der Waals surface area contributed by atoms with Crippen LogP contribution >= 0.6 is 11.3 Å². The van der Waals surface area contributed by atoms with Crippen LogP contribution in [0.1, 0.15) is 12.3 Å². The molecule has 3 rings (SSSR count). The number of carbonyl (C=O) groups excluding carboxylic acids is 1. The van der Waals surface area contributed by atoms with Gasteiger partial charge in [0.1, 0.15) is 0 Å². The van der Waals surface area contributed by atoms with Crippen LogP contribution in [0.4, 0.5) is 11.4 Å². The number of benzene rings is 1. The van der Waals surface area contributed by atoms with Crippen molar-refractivity contribution in [1.82, 2.24) is 10.1 Å². The molecule has 0 bridgehead atoms. The Kier molecular flexibility index (Phi) is 5.33. The van der Waals surface area contributed by atoms with Gasteiger partial charge in [0.2, 0.25) is 27.6 Å². The quantitative estimate of drug-likeness (QED) is 0.639. The first-order valence-corrected chi connectivity index (χ1v) is 10.5. The van der Waals surface area contributed by atoms with E-state index < -0.39 is 10.0 Å². The largest absolute Gasteiger partial charge is 0.339 e. The van der Waals surface area contributed by atoms with E-state index in [0.29, 0.717) is 23.1 Å². The number of amides is 1. The van der Waals surface area contributed by atoms with Gasteiger partial charge in [-0.05, 0) is 23.6 Å². The van der Waals surface area contributed by atoms with Crippen LogP contribution in [-0.2, 0) is 21.2 Å². The van der Waals surface area contributed by atoms with Crippen molar-refractivity contribution in [2.75, 3.05) is 16.3 Å². The first-order valence-electron chi connectivity index (χ1n) is 7.62. The minimum absolute atomic E-state index is 0.123. The molecule has 0 fully saturated rings. The summed E-state index contributed by atoms with van der Waals surface area (Å²) in [6, 6.07) is 8.45. The minimum Gasteiger partial charge on any atom is -0.339 e. The molecule has 2 N–H and O–H groups in total. The van der Waals surface area contributed by atoms with Crippen molar-refractivity contribution < 1.29 is 17.7 Å². The van der Waals surface area contributed by atoms with E-state index >= 15 is 0 Å². The van der Waals surface area contributed by atoms with Crippen LogP contribution in [0, 0.1) is 0 Å². The van der Waals surface area contributed by atoms with Gasteiger partial charge in [0.15, 0.2) is 0 Å². The molecule has 1 amide bonds. The number of hydrogen-bond acceptors (Lipinski definition) is 7. The molecule has 0 aliphatic carbocycles. The van der Waals surface area contributed by atoms with E-state index in [4.69, 9.17) is 4.52 Å². The van der Waals surface area contributed by atoms with Crippen LogP contribution in [0.5, 0.6) is 0 Å². The number of aryl methyl sites for hydroxylation is 1. The summed E-state index contributed by atoms with van der Waals surface area (Å²) in [5, 5.41) is 10.4. The van der Waals surface area contributed by atoms with Gasteiger partial charge in [0.25, 0.3) is 0 Å². The Hall–Kier alpha value is -2.72. The van der Waals surface area contributed by atoms with E-state index in [1.807, 2.05) is 16.8 Å². The molecular weight excluding hydrogens is 376 g/mol. The Balaban J connectivity index is 1.60. The molecule has 136 valence electrons. The maximum absolute atomic E-state index is 12.2. The highest BCUT2D eigenvalue weighted by Gasteiger charge is 2.13. The summed E-state index contributed by atoms with van der Waals surface area (Å²) in [6.45, 7) is 0. The Bertz CT molecular complexity index is 997. The lowest BCUT2D eigenvalue weighted by atomic mass is 10.2. The summed E-state index contributed by atoms with van der Waals surface area (Å²) in [7, 11) is -3.44. The third-order valence-corrected chi connectivity index (χ3v) is 4.58. The number of aromatic nitrogens is 2. The van der Waals surface area contributed by atoms with Crippen molar-refractivity contribution in [2.45, 2.75) is 12.8 Å². The number of anilines is 2. The van der Waals surface area contributed by atoms with Crippen LogP contribution in [0.2, 0.25) is 0 Å². The van der Waals surface area contributed by atoms with E-state index in [1.54, 1.807) is 24.3 Å². The van der Waals surface area contributed by atoms with Gasteiger partial charge in [-0.2, -0.15) is 16.3 Å². The zero-order valence-corrected chi connectivity index (χ0v) is 15.4. The molecule has 2 aromatic heterocycles. The van der Waals surface area contributed by atoms with Gasteiger partial charge >= 0.3 is 0 Å². The van der Waals surface area contributed by atoms with Crippen LogP contribution in [0.15, 0.2) is 45.6 Å². The summed E-state index contributed by atoms with van der Waals surface area (Å²) < 4.78 is 30.3. The standard InChI is InChI=1S/C16H16N4O4S2/c1-26(22,23)20-13-5-3-2-4-12(13)17-14(21)6-7-15-18-16(19-24-15)11-8-9-25-10-11/h2-5,8-10,20H,6-7H2,1H3,(H,17,21). The van der Waals surface area contributed by atoms with Crippen molar-refractivity contribution >= 4 is 38.6 Å². The van der Waals surface area contributed by atoms with E-state index in [9.17, 15) is 13.2 Å². The molecule has 1 aromatic carbocycles. The molecule has 0 spiro atoms. The molecule has 8 nitrogen and oxygen atoms in total. The Morgan fingerprint density at radius 3 is 2.69 bits per heavy atom. The molecular formula is C16H16N4O4S2. The van der Waals surface area contributed by atoms with Crippen molar-refractivity contribution in [3.05, 3.63) is 47.0 Å². The number of nitrogens with zero attached hydrogens (tertiary/aromatic N) is 2. The van der Waals surface area contributed by atoms with Gasteiger partial charge in [-0.1, -0.05) is 17.3 Å². The monoisotopic (exact) mass is 392 g/mol. The highest BCUT2D eigenvalue weighted by atomic mass is 32.2. The summed E-state index contributed by atoms with van der Waals surface area (Å²) in [6.07, 6.45) is 1.45. The molecule has 0 aliphatic rings. The Morgan fingerprint density at radius 1 is 1.23 bits per heavy atom. The van der Waals surface area contributed by atoms with Gasteiger partial charge < -0.3 is 9.84 Å². The summed E-state index contributed by atoms with van der Waals surface area (Å²) >= 11 is 1.53. The highest BCUT2D eigenvalue weighted by Crippen LogP contribution is 2.22. The molecule has 3 aromatic rings. The smallest absolute Gasteiger partial charge is 0.229 e. The van der Waals surface area contributed by atoms with Crippen LogP contribution in [0.25, 0.3) is 11.4 Å². The molecule has 0 radical (unpaired) electrons. The minimum atomic E-state index is -3.44. The fraction of sp³-hybridized carbons (Fsp3) is 0.188. The lowest BCUT2D eigenvalue weighted by Gasteiger charge is -2.11. The average molecular weight is 392 g/mol. The molecule has 0 atom stereocenters. The first-order chi connectivity index (χ1) is 12.4. The number of carbonyl (C=O) groups is 1. The number of rotatable bonds is 7. The number of hydrogen-bond donors (Lipinski definition) is 2. The van der Waals surface area contributed by atoms with E-state index in [2.05, 4.69) is 20.2 Å². The summed E-state index contributed by atoms with van der Waals surface area (Å²) in [5.41, 5.74) is 1.56. The maximum atomic E-state index is 12.2. The van der Waals surface area contributed by atoms with Crippen molar-refractivity contribution in [1.29, 1.82) is 0 Å². The second-order valence-electron chi connectivity index (χ2n) is 5.49. The van der Waals surface area contributed by atoms with Crippen LogP contribution in [-0.4, -0.2) is 30.7 Å². The summed E-state index contributed by atoms with van der Waals surface area (Å²) in [4.78, 5) is 16.4. The number of sulfonamides is 1. The van der Waals surface area contributed by atoms with Gasteiger partial charge in [-0.15, -0.1) is 0 Å². The SMILES string of the molecule is CS(=O)(=O)Nc1ccccc1NC(=O)CCc1nc(-c2ccsc2)no1. The van der Waals surface area contributed by atoms with E-state index in [-0.39, 0.29) is 18.7 Å². The van der Waals surface area contributed by atoms with Gasteiger partial charge in [-0.3, -0.25) is 9.52 Å². The highest BCUT2D eigenvalue weighted by molar-refractivity contribution is 7.92. The van der Waals surface area contributed by atoms with E-state index in [0.717, 1.165) is 11.8 Å². The lowest BCUT2D eigenvalue weighted by molar-refractivity contribution is -0.116. The zero-order chi connectivity index (χ0) is 18.6. The normalized spacial score (nSPS) is 11.3. The van der Waals surface area contributed by atoms with Gasteiger partial charge in [0.05, 0.1) is 17.6 Å². The topological polar surface area (TPSA) is 114 Å². The molecule has 26 heavy (non-hydrogen) atoms. The van der Waals surface area contributed by atoms with Crippen molar-refractivity contribution in [3.63, 3.8) is 0 Å². The second kappa shape index (κ2) is 7.67.